The predicted molar refractivity (Wildman–Crippen MR) is 90.2 cm³/mol. The van der Waals surface area contributed by atoms with Crippen LogP contribution in [0, 0.1) is 0 Å². The van der Waals surface area contributed by atoms with Crippen LogP contribution in [0.4, 0.5) is 0 Å². The van der Waals surface area contributed by atoms with Crippen molar-refractivity contribution in [2.75, 3.05) is 13.5 Å². The van der Waals surface area contributed by atoms with Crippen molar-refractivity contribution < 1.29 is 10.2 Å². The Morgan fingerprint density at radius 3 is 3.05 bits per heavy atom. The minimum atomic E-state index is -2.15. The van der Waals surface area contributed by atoms with Crippen LogP contribution in [0.25, 0.3) is 10.8 Å². The Balaban J connectivity index is 1.84. The van der Waals surface area contributed by atoms with E-state index in [9.17, 15) is 0 Å². The molecule has 0 radical (unpaired) electrons. The van der Waals surface area contributed by atoms with Gasteiger partial charge in [0.2, 0.25) is 0 Å². The third kappa shape index (κ3) is 3.26. The molecule has 0 spiro atoms. The van der Waals surface area contributed by atoms with E-state index in [1.807, 2.05) is 47.8 Å². The van der Waals surface area contributed by atoms with E-state index >= 15 is 0 Å². The van der Waals surface area contributed by atoms with E-state index < -0.39 is 6.98 Å². The summed E-state index contributed by atoms with van der Waals surface area (Å²) in [4.78, 5) is 1.05. The van der Waals surface area contributed by atoms with Gasteiger partial charge in [-0.25, -0.2) is 0 Å². The van der Waals surface area contributed by atoms with E-state index in [4.69, 9.17) is 10.2 Å². The Morgan fingerprint density at radius 1 is 1.24 bits per heavy atom. The molecule has 0 aliphatic heterocycles. The zero-order valence-electron chi connectivity index (χ0n) is 15.5. The standard InChI is InChI=1S/C18H19NOS/c1-19-12-11-17(18-10-5-13-21-18)20-16-9-4-7-14-6-2-3-8-15(14)16/h2-10,13,17,19H,11-12H2,1H3/t17-/m0/s1/i1D3,7D. The fraction of sp³-hybridized carbons (Fsp3) is 0.222. The van der Waals surface area contributed by atoms with E-state index in [0.29, 0.717) is 24.8 Å². The van der Waals surface area contributed by atoms with Gasteiger partial charge in [-0.1, -0.05) is 42.4 Å². The fourth-order valence-electron chi connectivity index (χ4n) is 2.31. The maximum Gasteiger partial charge on any atom is 0.134 e. The lowest BCUT2D eigenvalue weighted by molar-refractivity contribution is 0.201. The number of hydrogen-bond acceptors (Lipinski definition) is 3. The second-order valence-corrected chi connectivity index (χ2v) is 5.70. The SMILES string of the molecule is [2H]c1ccc(O[C@@H](CCNC([2H])([2H])[2H])c2cccs2)c2ccccc12. The summed E-state index contributed by atoms with van der Waals surface area (Å²) in [6.07, 6.45) is 0.297. The van der Waals surface area contributed by atoms with Crippen LogP contribution in [0.3, 0.4) is 0 Å². The van der Waals surface area contributed by atoms with Crippen LogP contribution in [0.2, 0.25) is 0 Å². The number of ether oxygens (including phenoxy) is 1. The first-order valence-corrected chi connectivity index (χ1v) is 7.75. The van der Waals surface area contributed by atoms with Gasteiger partial charge in [-0.05, 0) is 36.4 Å². The number of hydrogen-bond donors (Lipinski definition) is 1. The summed E-state index contributed by atoms with van der Waals surface area (Å²) in [6, 6.07) is 15.6. The highest BCUT2D eigenvalue weighted by Crippen LogP contribution is 2.32. The lowest BCUT2D eigenvalue weighted by Crippen LogP contribution is -2.15. The molecule has 1 atom stereocenters. The molecule has 1 N–H and O–H groups in total. The molecule has 2 aromatic carbocycles. The Bertz CT molecular complexity index is 833. The van der Waals surface area contributed by atoms with Crippen LogP contribution in [0.15, 0.2) is 60.0 Å². The van der Waals surface area contributed by atoms with Gasteiger partial charge in [-0.15, -0.1) is 11.3 Å². The second-order valence-electron chi connectivity index (χ2n) is 4.72. The van der Waals surface area contributed by atoms with Crippen LogP contribution in [0.5, 0.6) is 5.75 Å². The summed E-state index contributed by atoms with van der Waals surface area (Å²) >= 11 is 1.59. The fourth-order valence-corrected chi connectivity index (χ4v) is 3.10. The van der Waals surface area contributed by atoms with Crippen molar-refractivity contribution in [1.29, 1.82) is 0 Å². The highest BCUT2D eigenvalue weighted by molar-refractivity contribution is 7.10. The molecule has 0 aliphatic carbocycles. The summed E-state index contributed by atoms with van der Waals surface area (Å²) < 4.78 is 36.1. The summed E-state index contributed by atoms with van der Waals surface area (Å²) in [5, 5.41) is 6.25. The van der Waals surface area contributed by atoms with Crippen LogP contribution in [-0.4, -0.2) is 13.5 Å². The Labute approximate surface area is 135 Å². The highest BCUT2D eigenvalue weighted by atomic mass is 32.1. The maximum atomic E-state index is 8.04. The van der Waals surface area contributed by atoms with Crippen molar-refractivity contribution >= 4 is 22.1 Å². The molecule has 1 heterocycles. The maximum absolute atomic E-state index is 8.04. The molecule has 0 bridgehead atoms. The van der Waals surface area contributed by atoms with Gasteiger partial charge >= 0.3 is 0 Å². The molecule has 108 valence electrons. The Hall–Kier alpha value is -1.84. The number of nitrogens with one attached hydrogen (secondary N) is 1. The molecule has 0 unspecified atom stereocenters. The largest absolute Gasteiger partial charge is 0.484 e. The molecule has 0 aliphatic rings. The molecule has 0 fully saturated rings. The van der Waals surface area contributed by atoms with Gasteiger partial charge in [0.25, 0.3) is 0 Å². The summed E-state index contributed by atoms with van der Waals surface area (Å²) in [5.74, 6) is 0.707. The van der Waals surface area contributed by atoms with Crippen molar-refractivity contribution in [1.82, 2.24) is 5.32 Å². The molecular weight excluding hydrogens is 278 g/mol. The zero-order chi connectivity index (χ0) is 17.9. The predicted octanol–water partition coefficient (Wildman–Crippen LogP) is 4.63. The average molecular weight is 301 g/mol. The molecule has 21 heavy (non-hydrogen) atoms. The molecule has 3 aromatic rings. The van der Waals surface area contributed by atoms with Crippen LogP contribution in [0.1, 0.15) is 22.9 Å². The van der Waals surface area contributed by atoms with E-state index in [-0.39, 0.29) is 6.10 Å². The third-order valence-electron chi connectivity index (χ3n) is 3.33. The van der Waals surface area contributed by atoms with Crippen molar-refractivity contribution in [3.63, 3.8) is 0 Å². The minimum absolute atomic E-state index is 0.241. The van der Waals surface area contributed by atoms with Crippen LogP contribution < -0.4 is 10.1 Å². The van der Waals surface area contributed by atoms with Gasteiger partial charge in [-0.2, -0.15) is 0 Å². The number of benzene rings is 2. The summed E-state index contributed by atoms with van der Waals surface area (Å²) in [7, 11) is 0. The van der Waals surface area contributed by atoms with Gasteiger partial charge in [0.1, 0.15) is 11.9 Å². The quantitative estimate of drug-likeness (QED) is 0.716. The summed E-state index contributed by atoms with van der Waals surface area (Å²) in [5.41, 5.74) is 0. The third-order valence-corrected chi connectivity index (χ3v) is 4.29. The van der Waals surface area contributed by atoms with E-state index in [1.54, 1.807) is 17.4 Å². The molecule has 0 saturated heterocycles. The molecule has 0 amide bonds. The van der Waals surface area contributed by atoms with Crippen LogP contribution in [-0.2, 0) is 0 Å². The van der Waals surface area contributed by atoms with Crippen molar-refractivity contribution in [2.45, 2.75) is 12.5 Å². The average Bonchev–Trinajstić information content (AvgIpc) is 3.10. The molecule has 3 rings (SSSR count). The van der Waals surface area contributed by atoms with Crippen molar-refractivity contribution in [2.24, 2.45) is 0 Å². The molecule has 1 aromatic heterocycles. The minimum Gasteiger partial charge on any atom is -0.484 e. The van der Waals surface area contributed by atoms with Gasteiger partial charge < -0.3 is 10.1 Å². The monoisotopic (exact) mass is 301 g/mol. The first-order chi connectivity index (χ1) is 11.9. The first-order valence-electron chi connectivity index (χ1n) is 8.87. The normalized spacial score (nSPS) is 15.8. The van der Waals surface area contributed by atoms with Gasteiger partial charge in [0.15, 0.2) is 0 Å². The Morgan fingerprint density at radius 2 is 2.19 bits per heavy atom. The van der Waals surface area contributed by atoms with Gasteiger partial charge in [-0.3, -0.25) is 0 Å². The number of fused-ring (bicyclic) bond motifs is 1. The smallest absolute Gasteiger partial charge is 0.134 e. The van der Waals surface area contributed by atoms with Crippen LogP contribution >= 0.6 is 11.3 Å². The lowest BCUT2D eigenvalue weighted by atomic mass is 10.1. The zero-order valence-corrected chi connectivity index (χ0v) is 12.3. The summed E-state index contributed by atoms with van der Waals surface area (Å²) in [6.45, 7) is -1.83. The molecular formula is C18H19NOS. The Kier molecular flexibility index (Phi) is 3.21. The van der Waals surface area contributed by atoms with E-state index in [2.05, 4.69) is 5.32 Å². The molecule has 2 nitrogen and oxygen atoms in total. The second kappa shape index (κ2) is 6.74. The highest BCUT2D eigenvalue weighted by Gasteiger charge is 2.15. The van der Waals surface area contributed by atoms with Crippen molar-refractivity contribution in [3.8, 4) is 5.75 Å². The molecule has 0 saturated carbocycles. The van der Waals surface area contributed by atoms with Gasteiger partial charge in [0.05, 0.1) is 1.37 Å². The van der Waals surface area contributed by atoms with Crippen molar-refractivity contribution in [3.05, 3.63) is 64.8 Å². The number of thiophene rings is 1. The number of rotatable bonds is 6. The lowest BCUT2D eigenvalue weighted by Gasteiger charge is -2.19. The van der Waals surface area contributed by atoms with Gasteiger partial charge in [0, 0.05) is 20.8 Å². The first kappa shape index (κ1) is 9.98. The topological polar surface area (TPSA) is 21.3 Å². The van der Waals surface area contributed by atoms with E-state index in [0.717, 1.165) is 15.6 Å². The van der Waals surface area contributed by atoms with E-state index in [1.165, 1.54) is 0 Å². The molecule has 3 heteroatoms.